The Morgan fingerprint density at radius 2 is 1.87 bits per heavy atom. The number of hydrogen-bond donors (Lipinski definition) is 1. The Labute approximate surface area is 188 Å². The second-order valence-electron chi connectivity index (χ2n) is 7.44. The lowest BCUT2D eigenvalue weighted by Crippen LogP contribution is -2.32. The molecule has 1 unspecified atom stereocenters. The van der Waals surface area contributed by atoms with Crippen molar-refractivity contribution in [2.75, 3.05) is 20.2 Å². The molecule has 2 aromatic rings. The third-order valence-electron chi connectivity index (χ3n) is 5.22. The van der Waals surface area contributed by atoms with E-state index in [4.69, 9.17) is 4.74 Å². The number of methoxy groups -OCH3 is 1. The van der Waals surface area contributed by atoms with Crippen molar-refractivity contribution in [2.24, 2.45) is 0 Å². The lowest BCUT2D eigenvalue weighted by atomic mass is 10.2. The fourth-order valence-electron chi connectivity index (χ4n) is 3.43. The maximum absolute atomic E-state index is 12.9. The molecule has 1 amide bonds. The molecule has 31 heavy (non-hydrogen) atoms. The molecule has 9 heteroatoms. The van der Waals surface area contributed by atoms with Crippen LogP contribution in [-0.4, -0.2) is 49.1 Å². The van der Waals surface area contributed by atoms with Gasteiger partial charge in [0, 0.05) is 31.4 Å². The monoisotopic (exact) mass is 463 g/mol. The van der Waals surface area contributed by atoms with Crippen LogP contribution in [-0.2, 0) is 21.4 Å². The number of ether oxygens (including phenoxy) is 1. The van der Waals surface area contributed by atoms with Crippen molar-refractivity contribution in [3.8, 4) is 5.75 Å². The first-order valence-electron chi connectivity index (χ1n) is 10.4. The number of carbonyl (C=O) groups excluding carboxylic acids is 1. The van der Waals surface area contributed by atoms with Gasteiger partial charge in [-0.2, -0.15) is 4.31 Å². The molecule has 0 radical (unpaired) electrons. The first-order chi connectivity index (χ1) is 14.9. The summed E-state index contributed by atoms with van der Waals surface area (Å²) in [5.41, 5.74) is 0.900. The van der Waals surface area contributed by atoms with Gasteiger partial charge in [-0.05, 0) is 38.0 Å². The molecule has 1 fully saturated rings. The fraction of sp³-hybridized carbons (Fsp3) is 0.455. The number of para-hydroxylation sites is 1. The summed E-state index contributed by atoms with van der Waals surface area (Å²) >= 11 is 1.29. The van der Waals surface area contributed by atoms with Gasteiger partial charge in [0.15, 0.2) is 0 Å². The number of carbonyl (C=O) groups is 1. The predicted octanol–water partition coefficient (Wildman–Crippen LogP) is 3.45. The van der Waals surface area contributed by atoms with Crippen molar-refractivity contribution in [1.29, 1.82) is 0 Å². The highest BCUT2D eigenvalue weighted by Gasteiger charge is 2.25. The number of aromatic nitrogens is 1. The van der Waals surface area contributed by atoms with Gasteiger partial charge in [-0.15, -0.1) is 0 Å². The van der Waals surface area contributed by atoms with Crippen molar-refractivity contribution in [3.63, 3.8) is 0 Å². The van der Waals surface area contributed by atoms with Crippen LogP contribution < -0.4 is 10.1 Å². The molecule has 1 atom stereocenters. The number of hydrogen-bond acceptors (Lipinski definition) is 6. The smallest absolute Gasteiger partial charge is 0.244 e. The Kier molecular flexibility index (Phi) is 8.34. The Bertz CT molecular complexity index is 973. The molecule has 0 aliphatic carbocycles. The zero-order valence-corrected chi connectivity index (χ0v) is 19.5. The SMILES string of the molecule is COc1ccccc1CNC(=O)C(C)Sc1ccc(S(=O)(=O)N2CCCCCC2)cn1. The number of thioether (sulfide) groups is 1. The first-order valence-corrected chi connectivity index (χ1v) is 12.8. The molecule has 2 heterocycles. The van der Waals surface area contributed by atoms with Gasteiger partial charge >= 0.3 is 0 Å². The number of rotatable bonds is 8. The van der Waals surface area contributed by atoms with E-state index < -0.39 is 10.0 Å². The summed E-state index contributed by atoms with van der Waals surface area (Å²) < 4.78 is 32.6. The summed E-state index contributed by atoms with van der Waals surface area (Å²) in [4.78, 5) is 17.0. The lowest BCUT2D eigenvalue weighted by Gasteiger charge is -2.19. The molecule has 1 saturated heterocycles. The standard InChI is InChI=1S/C22H29N3O4S2/c1-17(22(26)24-15-18-9-5-6-10-20(18)29-2)30-21-12-11-19(16-23-21)31(27,28)25-13-7-3-4-8-14-25/h5-6,9-12,16-17H,3-4,7-8,13-15H2,1-2H3,(H,24,26). The number of sulfonamides is 1. The van der Waals surface area contributed by atoms with E-state index in [9.17, 15) is 13.2 Å². The van der Waals surface area contributed by atoms with Crippen molar-refractivity contribution in [2.45, 2.75) is 54.3 Å². The van der Waals surface area contributed by atoms with E-state index in [1.165, 1.54) is 18.0 Å². The summed E-state index contributed by atoms with van der Waals surface area (Å²) in [7, 11) is -1.92. The third kappa shape index (κ3) is 6.21. The minimum atomic E-state index is -3.52. The summed E-state index contributed by atoms with van der Waals surface area (Å²) in [6, 6.07) is 10.8. The van der Waals surface area contributed by atoms with Gasteiger partial charge in [-0.25, -0.2) is 13.4 Å². The van der Waals surface area contributed by atoms with Gasteiger partial charge in [0.05, 0.1) is 17.4 Å². The molecular formula is C22H29N3O4S2. The second-order valence-corrected chi connectivity index (χ2v) is 10.7. The minimum absolute atomic E-state index is 0.126. The van der Waals surface area contributed by atoms with Gasteiger partial charge in [0.2, 0.25) is 15.9 Å². The topological polar surface area (TPSA) is 88.6 Å². The molecule has 1 aromatic carbocycles. The molecule has 168 valence electrons. The van der Waals surface area contributed by atoms with Crippen LogP contribution in [0.3, 0.4) is 0 Å². The first kappa shape index (κ1) is 23.6. The largest absolute Gasteiger partial charge is 0.496 e. The van der Waals surface area contributed by atoms with Gasteiger partial charge in [0.25, 0.3) is 0 Å². The van der Waals surface area contributed by atoms with Crippen LogP contribution in [0.25, 0.3) is 0 Å². The molecule has 0 bridgehead atoms. The highest BCUT2D eigenvalue weighted by atomic mass is 32.2. The average Bonchev–Trinajstić information content (AvgIpc) is 3.08. The van der Waals surface area contributed by atoms with Crippen LogP contribution in [0.4, 0.5) is 0 Å². The molecule has 1 aliphatic rings. The summed E-state index contributed by atoms with van der Waals surface area (Å²) in [6.45, 7) is 3.28. The van der Waals surface area contributed by atoms with Gasteiger partial charge in [-0.3, -0.25) is 4.79 Å². The molecular weight excluding hydrogens is 434 g/mol. The molecule has 1 N–H and O–H groups in total. The second kappa shape index (κ2) is 11.0. The molecule has 3 rings (SSSR count). The van der Waals surface area contributed by atoms with E-state index in [1.54, 1.807) is 30.5 Å². The van der Waals surface area contributed by atoms with Crippen LogP contribution in [0.5, 0.6) is 5.75 Å². The van der Waals surface area contributed by atoms with Crippen molar-refractivity contribution < 1.29 is 17.9 Å². The number of nitrogens with zero attached hydrogens (tertiary/aromatic N) is 2. The van der Waals surface area contributed by atoms with Crippen LogP contribution >= 0.6 is 11.8 Å². The van der Waals surface area contributed by atoms with Crippen LogP contribution in [0.15, 0.2) is 52.5 Å². The normalized spacial score (nSPS) is 16.3. The van der Waals surface area contributed by atoms with Gasteiger partial charge < -0.3 is 10.1 Å². The van der Waals surface area contributed by atoms with E-state index in [0.717, 1.165) is 37.0 Å². The summed E-state index contributed by atoms with van der Waals surface area (Å²) in [5, 5.41) is 3.14. The van der Waals surface area contributed by atoms with E-state index in [-0.39, 0.29) is 16.1 Å². The summed E-state index contributed by atoms with van der Waals surface area (Å²) in [5.74, 6) is 0.602. The fourth-order valence-corrected chi connectivity index (χ4v) is 5.71. The molecule has 7 nitrogen and oxygen atoms in total. The van der Waals surface area contributed by atoms with E-state index in [2.05, 4.69) is 10.3 Å². The molecule has 1 aliphatic heterocycles. The van der Waals surface area contributed by atoms with Crippen LogP contribution in [0.2, 0.25) is 0 Å². The number of pyridine rings is 1. The quantitative estimate of drug-likeness (QED) is 0.603. The molecule has 1 aromatic heterocycles. The Morgan fingerprint density at radius 1 is 1.16 bits per heavy atom. The van der Waals surface area contributed by atoms with Crippen molar-refractivity contribution in [3.05, 3.63) is 48.2 Å². The van der Waals surface area contributed by atoms with E-state index in [1.807, 2.05) is 24.3 Å². The van der Waals surface area contributed by atoms with Gasteiger partial charge in [-0.1, -0.05) is 42.8 Å². The van der Waals surface area contributed by atoms with Crippen LogP contribution in [0, 0.1) is 0 Å². The maximum atomic E-state index is 12.9. The Balaban J connectivity index is 1.57. The lowest BCUT2D eigenvalue weighted by molar-refractivity contribution is -0.120. The maximum Gasteiger partial charge on any atom is 0.244 e. The van der Waals surface area contributed by atoms with E-state index >= 15 is 0 Å². The zero-order valence-electron chi connectivity index (χ0n) is 17.9. The average molecular weight is 464 g/mol. The third-order valence-corrected chi connectivity index (χ3v) is 8.16. The van der Waals surface area contributed by atoms with Crippen LogP contribution in [0.1, 0.15) is 38.2 Å². The zero-order chi connectivity index (χ0) is 22.3. The Hall–Kier alpha value is -2.10. The minimum Gasteiger partial charge on any atom is -0.496 e. The summed E-state index contributed by atoms with van der Waals surface area (Å²) in [6.07, 6.45) is 5.31. The highest BCUT2D eigenvalue weighted by Crippen LogP contribution is 2.25. The number of benzene rings is 1. The number of amides is 1. The Morgan fingerprint density at radius 3 is 2.52 bits per heavy atom. The predicted molar refractivity (Wildman–Crippen MR) is 122 cm³/mol. The molecule has 0 saturated carbocycles. The van der Waals surface area contributed by atoms with E-state index in [0.29, 0.717) is 24.7 Å². The molecule has 0 spiro atoms. The van der Waals surface area contributed by atoms with Crippen molar-refractivity contribution in [1.82, 2.24) is 14.6 Å². The van der Waals surface area contributed by atoms with Gasteiger partial charge in [0.1, 0.15) is 10.6 Å². The highest BCUT2D eigenvalue weighted by molar-refractivity contribution is 8.00. The number of nitrogens with one attached hydrogen (secondary N) is 1. The van der Waals surface area contributed by atoms with Crippen molar-refractivity contribution >= 4 is 27.7 Å².